The van der Waals surface area contributed by atoms with Gasteiger partial charge in [0.2, 0.25) is 5.91 Å². The maximum Gasteiger partial charge on any atom is 0.240 e. The summed E-state index contributed by atoms with van der Waals surface area (Å²) in [4.78, 5) is 12.6. The predicted octanol–water partition coefficient (Wildman–Crippen LogP) is 2.80. The number of nitrogens with one attached hydrogen (secondary N) is 2. The lowest BCUT2D eigenvalue weighted by Crippen LogP contribution is -2.55. The van der Waals surface area contributed by atoms with Crippen LogP contribution in [-0.4, -0.2) is 24.0 Å². The Morgan fingerprint density at radius 1 is 1.43 bits per heavy atom. The van der Waals surface area contributed by atoms with Gasteiger partial charge >= 0.3 is 0 Å². The van der Waals surface area contributed by atoms with Crippen LogP contribution in [-0.2, 0) is 11.2 Å². The number of carbonyl (C=O) groups excluding carboxylic acids is 1. The molecule has 2 N–H and O–H groups in total. The summed E-state index contributed by atoms with van der Waals surface area (Å²) in [5, 5.41) is 6.50. The summed E-state index contributed by atoms with van der Waals surface area (Å²) in [7, 11) is 0. The lowest BCUT2D eigenvalue weighted by atomic mass is 9.90. The van der Waals surface area contributed by atoms with E-state index >= 15 is 0 Å². The summed E-state index contributed by atoms with van der Waals surface area (Å²) in [6, 6.07) is 6.50. The summed E-state index contributed by atoms with van der Waals surface area (Å²) in [5.74, 6) is -0.121. The first kappa shape index (κ1) is 16.0. The van der Waals surface area contributed by atoms with Crippen LogP contribution in [0.15, 0.2) is 24.3 Å². The van der Waals surface area contributed by atoms with Crippen LogP contribution in [0.25, 0.3) is 0 Å². The Kier molecular flexibility index (Phi) is 5.34. The monoisotopic (exact) mass is 292 g/mol. The van der Waals surface area contributed by atoms with Gasteiger partial charge in [-0.1, -0.05) is 25.5 Å². The molecule has 1 saturated heterocycles. The van der Waals surface area contributed by atoms with Crippen LogP contribution in [0.4, 0.5) is 4.39 Å². The minimum atomic E-state index is -0.383. The molecule has 1 aromatic carbocycles. The SMILES string of the molecule is CCCC1(C(=O)NC(C)Cc2ccc(F)cc2)CCCN1. The molecule has 1 aromatic rings. The Hall–Kier alpha value is -1.42. The molecule has 116 valence electrons. The number of hydrogen-bond acceptors (Lipinski definition) is 2. The van der Waals surface area contributed by atoms with Crippen molar-refractivity contribution < 1.29 is 9.18 Å². The van der Waals surface area contributed by atoms with Crippen LogP contribution in [0.2, 0.25) is 0 Å². The average molecular weight is 292 g/mol. The number of halogens is 1. The van der Waals surface area contributed by atoms with E-state index in [4.69, 9.17) is 0 Å². The topological polar surface area (TPSA) is 41.1 Å². The van der Waals surface area contributed by atoms with Gasteiger partial charge < -0.3 is 10.6 Å². The Morgan fingerprint density at radius 3 is 2.71 bits per heavy atom. The van der Waals surface area contributed by atoms with E-state index in [-0.39, 0.29) is 23.3 Å². The molecule has 2 rings (SSSR count). The van der Waals surface area contributed by atoms with Crippen molar-refractivity contribution in [1.29, 1.82) is 0 Å². The van der Waals surface area contributed by atoms with Crippen LogP contribution in [0, 0.1) is 5.82 Å². The molecule has 0 aromatic heterocycles. The fourth-order valence-electron chi connectivity index (χ4n) is 3.14. The number of rotatable bonds is 6. The third kappa shape index (κ3) is 4.03. The zero-order chi connectivity index (χ0) is 15.3. The second-order valence-corrected chi connectivity index (χ2v) is 6.07. The highest BCUT2D eigenvalue weighted by Gasteiger charge is 2.40. The molecule has 2 atom stereocenters. The Bertz CT molecular complexity index is 466. The van der Waals surface area contributed by atoms with Crippen molar-refractivity contribution in [2.45, 2.75) is 57.5 Å². The molecule has 21 heavy (non-hydrogen) atoms. The molecule has 1 amide bonds. The lowest BCUT2D eigenvalue weighted by molar-refractivity contribution is -0.128. The first-order chi connectivity index (χ1) is 10.1. The van der Waals surface area contributed by atoms with E-state index in [9.17, 15) is 9.18 Å². The van der Waals surface area contributed by atoms with E-state index in [1.54, 1.807) is 12.1 Å². The molecule has 1 fully saturated rings. The molecule has 0 aliphatic carbocycles. The van der Waals surface area contributed by atoms with E-state index in [0.29, 0.717) is 6.42 Å². The fraction of sp³-hybridized carbons (Fsp3) is 0.588. The third-order valence-corrected chi connectivity index (χ3v) is 4.19. The molecular weight excluding hydrogens is 267 g/mol. The Labute approximate surface area is 126 Å². The average Bonchev–Trinajstić information content (AvgIpc) is 2.92. The molecule has 1 heterocycles. The molecule has 1 aliphatic heterocycles. The summed E-state index contributed by atoms with van der Waals surface area (Å²) in [5.41, 5.74) is 0.652. The van der Waals surface area contributed by atoms with Gasteiger partial charge in [-0.2, -0.15) is 0 Å². The number of hydrogen-bond donors (Lipinski definition) is 2. The fourth-order valence-corrected chi connectivity index (χ4v) is 3.14. The zero-order valence-corrected chi connectivity index (χ0v) is 12.9. The minimum absolute atomic E-state index is 0.0408. The molecule has 0 bridgehead atoms. The van der Waals surface area contributed by atoms with Gasteiger partial charge in [-0.15, -0.1) is 0 Å². The second kappa shape index (κ2) is 7.03. The quantitative estimate of drug-likeness (QED) is 0.846. The third-order valence-electron chi connectivity index (χ3n) is 4.19. The van der Waals surface area contributed by atoms with Gasteiger partial charge in [-0.25, -0.2) is 4.39 Å². The Morgan fingerprint density at radius 2 is 2.14 bits per heavy atom. The molecule has 0 spiro atoms. The number of benzene rings is 1. The molecule has 0 saturated carbocycles. The lowest BCUT2D eigenvalue weighted by Gasteiger charge is -2.29. The van der Waals surface area contributed by atoms with Crippen molar-refractivity contribution in [2.75, 3.05) is 6.54 Å². The standard InChI is InChI=1S/C17H25FN2O/c1-3-9-17(10-4-11-19-17)16(21)20-13(2)12-14-5-7-15(18)8-6-14/h5-8,13,19H,3-4,9-12H2,1-2H3,(H,20,21). The highest BCUT2D eigenvalue weighted by Crippen LogP contribution is 2.25. The predicted molar refractivity (Wildman–Crippen MR) is 82.6 cm³/mol. The van der Waals surface area contributed by atoms with E-state index in [1.165, 1.54) is 12.1 Å². The summed E-state index contributed by atoms with van der Waals surface area (Å²) in [6.45, 7) is 5.02. The van der Waals surface area contributed by atoms with E-state index < -0.39 is 0 Å². The normalized spacial score (nSPS) is 23.0. The molecular formula is C17H25FN2O. The highest BCUT2D eigenvalue weighted by atomic mass is 19.1. The van der Waals surface area contributed by atoms with Gasteiger partial charge in [0.25, 0.3) is 0 Å². The molecule has 3 nitrogen and oxygen atoms in total. The van der Waals surface area contributed by atoms with Crippen LogP contribution in [0.3, 0.4) is 0 Å². The Balaban J connectivity index is 1.93. The van der Waals surface area contributed by atoms with Gasteiger partial charge in [0.05, 0.1) is 5.54 Å². The van der Waals surface area contributed by atoms with Gasteiger partial charge in [0, 0.05) is 6.04 Å². The maximum absolute atomic E-state index is 12.9. The number of carbonyl (C=O) groups is 1. The summed E-state index contributed by atoms with van der Waals surface area (Å²) in [6.07, 6.45) is 4.55. The van der Waals surface area contributed by atoms with Crippen LogP contribution in [0.1, 0.15) is 45.1 Å². The van der Waals surface area contributed by atoms with Crippen molar-refractivity contribution in [3.05, 3.63) is 35.6 Å². The van der Waals surface area contributed by atoms with Crippen LogP contribution < -0.4 is 10.6 Å². The molecule has 4 heteroatoms. The van der Waals surface area contributed by atoms with Crippen molar-refractivity contribution in [2.24, 2.45) is 0 Å². The first-order valence-electron chi connectivity index (χ1n) is 7.86. The first-order valence-corrected chi connectivity index (χ1v) is 7.86. The molecule has 2 unspecified atom stereocenters. The summed E-state index contributed by atoms with van der Waals surface area (Å²) >= 11 is 0. The molecule has 0 radical (unpaired) electrons. The van der Waals surface area contributed by atoms with Crippen molar-refractivity contribution in [1.82, 2.24) is 10.6 Å². The second-order valence-electron chi connectivity index (χ2n) is 6.07. The van der Waals surface area contributed by atoms with Gasteiger partial charge in [-0.3, -0.25) is 4.79 Å². The van der Waals surface area contributed by atoms with Crippen molar-refractivity contribution in [3.63, 3.8) is 0 Å². The smallest absolute Gasteiger partial charge is 0.240 e. The number of amides is 1. The maximum atomic E-state index is 12.9. The van der Waals surface area contributed by atoms with Crippen LogP contribution in [0.5, 0.6) is 0 Å². The van der Waals surface area contributed by atoms with E-state index in [2.05, 4.69) is 17.6 Å². The van der Waals surface area contributed by atoms with Crippen molar-refractivity contribution in [3.8, 4) is 0 Å². The zero-order valence-electron chi connectivity index (χ0n) is 12.9. The minimum Gasteiger partial charge on any atom is -0.352 e. The van der Waals surface area contributed by atoms with Gasteiger partial charge in [0.15, 0.2) is 0 Å². The van der Waals surface area contributed by atoms with E-state index in [1.807, 2.05) is 6.92 Å². The summed E-state index contributed by atoms with van der Waals surface area (Å²) < 4.78 is 12.9. The highest BCUT2D eigenvalue weighted by molar-refractivity contribution is 5.86. The van der Waals surface area contributed by atoms with Crippen LogP contribution >= 0.6 is 0 Å². The van der Waals surface area contributed by atoms with E-state index in [0.717, 1.165) is 37.8 Å². The largest absolute Gasteiger partial charge is 0.352 e. The van der Waals surface area contributed by atoms with Gasteiger partial charge in [-0.05, 0) is 56.8 Å². The van der Waals surface area contributed by atoms with Gasteiger partial charge in [0.1, 0.15) is 5.82 Å². The van der Waals surface area contributed by atoms with Crippen molar-refractivity contribution >= 4 is 5.91 Å². The molecule has 1 aliphatic rings.